The lowest BCUT2D eigenvalue weighted by Gasteiger charge is -2.27. The fourth-order valence-corrected chi connectivity index (χ4v) is 2.36. The number of aliphatic hydroxyl groups is 1. The van der Waals surface area contributed by atoms with Crippen LogP contribution in [-0.2, 0) is 4.79 Å². The number of aliphatic hydroxyl groups excluding tert-OH is 1. The highest BCUT2D eigenvalue weighted by Crippen LogP contribution is 2.17. The molecule has 1 unspecified atom stereocenters. The molecule has 1 aliphatic heterocycles. The second-order valence-corrected chi connectivity index (χ2v) is 4.53. The topological polar surface area (TPSA) is 43.8 Å². The van der Waals surface area contributed by atoms with Crippen molar-refractivity contribution in [3.63, 3.8) is 0 Å². The van der Waals surface area contributed by atoms with Crippen LogP contribution >= 0.6 is 0 Å². The Hall–Kier alpha value is -0.610. The molecule has 0 bridgehead atoms. The van der Waals surface area contributed by atoms with E-state index in [-0.39, 0.29) is 12.5 Å². The highest BCUT2D eigenvalue weighted by molar-refractivity contribution is 5.75. The van der Waals surface area contributed by atoms with E-state index < -0.39 is 0 Å². The molecule has 0 spiro atoms. The van der Waals surface area contributed by atoms with E-state index in [2.05, 4.69) is 11.8 Å². The van der Waals surface area contributed by atoms with E-state index in [9.17, 15) is 4.79 Å². The summed E-state index contributed by atoms with van der Waals surface area (Å²) >= 11 is 0. The molecule has 1 saturated heterocycles. The van der Waals surface area contributed by atoms with Gasteiger partial charge in [0.05, 0.1) is 0 Å². The number of carbonyl (C=O) groups excluding carboxylic acids is 1. The van der Waals surface area contributed by atoms with Crippen LogP contribution in [0.2, 0.25) is 0 Å². The first kappa shape index (κ1) is 13.5. The smallest absolute Gasteiger partial charge is 0.222 e. The number of likely N-dealkylation sites (tertiary alicyclic amines) is 1. The van der Waals surface area contributed by atoms with Crippen LogP contribution in [0, 0.1) is 0 Å². The van der Waals surface area contributed by atoms with E-state index in [0.717, 1.165) is 13.1 Å². The first-order valence-electron chi connectivity index (χ1n) is 6.28. The molecule has 1 amide bonds. The van der Waals surface area contributed by atoms with Crippen molar-refractivity contribution in [1.82, 2.24) is 9.80 Å². The number of nitrogens with zero attached hydrogens (tertiary/aromatic N) is 2. The zero-order chi connectivity index (χ0) is 12.0. The monoisotopic (exact) mass is 228 g/mol. The van der Waals surface area contributed by atoms with Crippen LogP contribution in [0.3, 0.4) is 0 Å². The van der Waals surface area contributed by atoms with Crippen molar-refractivity contribution in [2.75, 3.05) is 33.3 Å². The van der Waals surface area contributed by atoms with Crippen molar-refractivity contribution in [3.05, 3.63) is 0 Å². The van der Waals surface area contributed by atoms with E-state index in [1.54, 1.807) is 0 Å². The van der Waals surface area contributed by atoms with Gasteiger partial charge in [-0.25, -0.2) is 0 Å². The Balaban J connectivity index is 2.32. The second-order valence-electron chi connectivity index (χ2n) is 4.53. The Morgan fingerprint density at radius 1 is 1.56 bits per heavy atom. The van der Waals surface area contributed by atoms with Crippen LogP contribution in [0.15, 0.2) is 0 Å². The van der Waals surface area contributed by atoms with Gasteiger partial charge in [-0.15, -0.1) is 0 Å². The molecule has 1 N–H and O–H groups in total. The molecular weight excluding hydrogens is 204 g/mol. The van der Waals surface area contributed by atoms with E-state index in [4.69, 9.17) is 5.11 Å². The van der Waals surface area contributed by atoms with E-state index >= 15 is 0 Å². The fraction of sp³-hybridized carbons (Fsp3) is 0.917. The van der Waals surface area contributed by atoms with Gasteiger partial charge in [-0.05, 0) is 32.4 Å². The zero-order valence-electron chi connectivity index (χ0n) is 10.5. The Bertz CT molecular complexity index is 221. The van der Waals surface area contributed by atoms with Crippen LogP contribution in [0.5, 0.6) is 0 Å². The number of hydrogen-bond acceptors (Lipinski definition) is 3. The molecule has 1 aliphatic rings. The number of carbonyl (C=O) groups is 1. The third-order valence-corrected chi connectivity index (χ3v) is 3.36. The molecule has 1 rings (SSSR count). The average Bonchev–Trinajstić information content (AvgIpc) is 2.72. The van der Waals surface area contributed by atoms with Crippen LogP contribution in [-0.4, -0.2) is 60.1 Å². The van der Waals surface area contributed by atoms with E-state index in [1.807, 2.05) is 11.9 Å². The van der Waals surface area contributed by atoms with E-state index in [1.165, 1.54) is 19.4 Å². The Morgan fingerprint density at radius 2 is 2.31 bits per heavy atom. The highest BCUT2D eigenvalue weighted by Gasteiger charge is 2.25. The lowest BCUT2D eigenvalue weighted by molar-refractivity contribution is -0.130. The normalized spacial score (nSPS) is 21.3. The maximum atomic E-state index is 11.7. The highest BCUT2D eigenvalue weighted by atomic mass is 16.3. The molecule has 94 valence electrons. The van der Waals surface area contributed by atoms with Crippen molar-refractivity contribution in [2.45, 2.75) is 38.6 Å². The van der Waals surface area contributed by atoms with Gasteiger partial charge >= 0.3 is 0 Å². The van der Waals surface area contributed by atoms with Gasteiger partial charge in [-0.3, -0.25) is 9.69 Å². The second kappa shape index (κ2) is 6.86. The molecule has 4 heteroatoms. The minimum absolute atomic E-state index is 0.101. The molecule has 0 aromatic carbocycles. The molecule has 0 aromatic rings. The first-order chi connectivity index (χ1) is 7.69. The number of hydrogen-bond donors (Lipinski definition) is 1. The van der Waals surface area contributed by atoms with Crippen molar-refractivity contribution in [1.29, 1.82) is 0 Å². The van der Waals surface area contributed by atoms with Gasteiger partial charge in [0.15, 0.2) is 0 Å². The molecule has 0 radical (unpaired) electrons. The molecule has 0 aliphatic carbocycles. The van der Waals surface area contributed by atoms with Crippen LogP contribution < -0.4 is 0 Å². The summed E-state index contributed by atoms with van der Waals surface area (Å²) in [4.78, 5) is 15.9. The number of amides is 1. The summed E-state index contributed by atoms with van der Waals surface area (Å²) in [6.07, 6.45) is 3.49. The standard InChI is InChI=1S/C12H24N2O2/c1-3-14-8-4-6-11(14)10-13(2)12(16)7-5-9-15/h11,15H,3-10H2,1-2H3. The van der Waals surface area contributed by atoms with Gasteiger partial charge in [0.2, 0.25) is 5.91 Å². The molecule has 1 heterocycles. The number of likely N-dealkylation sites (N-methyl/N-ethyl adjacent to an activating group) is 2. The predicted octanol–water partition coefficient (Wildman–Crippen LogP) is 0.702. The summed E-state index contributed by atoms with van der Waals surface area (Å²) in [5, 5.41) is 8.68. The molecule has 1 fully saturated rings. The molecule has 16 heavy (non-hydrogen) atoms. The Labute approximate surface area is 98.2 Å². The quantitative estimate of drug-likeness (QED) is 0.728. The summed E-state index contributed by atoms with van der Waals surface area (Å²) in [5.41, 5.74) is 0. The summed E-state index contributed by atoms with van der Waals surface area (Å²) in [7, 11) is 1.87. The van der Waals surface area contributed by atoms with Gasteiger partial charge < -0.3 is 10.0 Å². The maximum Gasteiger partial charge on any atom is 0.222 e. The lowest BCUT2D eigenvalue weighted by Crippen LogP contribution is -2.41. The predicted molar refractivity (Wildman–Crippen MR) is 64.2 cm³/mol. The molecule has 4 nitrogen and oxygen atoms in total. The third-order valence-electron chi connectivity index (χ3n) is 3.36. The summed E-state index contributed by atoms with van der Waals surface area (Å²) in [6.45, 7) is 5.34. The number of rotatable bonds is 6. The minimum atomic E-state index is 0.101. The minimum Gasteiger partial charge on any atom is -0.396 e. The summed E-state index contributed by atoms with van der Waals surface area (Å²) < 4.78 is 0. The van der Waals surface area contributed by atoms with Crippen LogP contribution in [0.1, 0.15) is 32.6 Å². The molecule has 1 atom stereocenters. The zero-order valence-corrected chi connectivity index (χ0v) is 10.5. The van der Waals surface area contributed by atoms with Gasteiger partial charge in [0.25, 0.3) is 0 Å². The van der Waals surface area contributed by atoms with Gasteiger partial charge in [0.1, 0.15) is 0 Å². The average molecular weight is 228 g/mol. The molecule has 0 aromatic heterocycles. The Kier molecular flexibility index (Phi) is 5.77. The SMILES string of the molecule is CCN1CCCC1CN(C)C(=O)CCCO. The van der Waals surface area contributed by atoms with Crippen molar-refractivity contribution in [3.8, 4) is 0 Å². The van der Waals surface area contributed by atoms with Crippen molar-refractivity contribution in [2.24, 2.45) is 0 Å². The van der Waals surface area contributed by atoms with Crippen molar-refractivity contribution < 1.29 is 9.90 Å². The largest absolute Gasteiger partial charge is 0.396 e. The van der Waals surface area contributed by atoms with Crippen molar-refractivity contribution >= 4 is 5.91 Å². The Morgan fingerprint density at radius 3 is 2.94 bits per heavy atom. The molecular formula is C12H24N2O2. The maximum absolute atomic E-state index is 11.7. The van der Waals surface area contributed by atoms with Gasteiger partial charge in [-0.2, -0.15) is 0 Å². The fourth-order valence-electron chi connectivity index (χ4n) is 2.36. The van der Waals surface area contributed by atoms with Crippen LogP contribution in [0.4, 0.5) is 0 Å². The van der Waals surface area contributed by atoms with Gasteiger partial charge in [-0.1, -0.05) is 6.92 Å². The third kappa shape index (κ3) is 3.76. The van der Waals surface area contributed by atoms with E-state index in [0.29, 0.717) is 18.9 Å². The molecule has 0 saturated carbocycles. The van der Waals surface area contributed by atoms with Gasteiger partial charge in [0, 0.05) is 32.7 Å². The lowest BCUT2D eigenvalue weighted by atomic mass is 10.2. The van der Waals surface area contributed by atoms with Crippen LogP contribution in [0.25, 0.3) is 0 Å². The summed E-state index contributed by atoms with van der Waals surface area (Å²) in [6, 6.07) is 0.535. The summed E-state index contributed by atoms with van der Waals surface area (Å²) in [5.74, 6) is 0.150. The first-order valence-corrected chi connectivity index (χ1v) is 6.28.